The summed E-state index contributed by atoms with van der Waals surface area (Å²) in [5.41, 5.74) is 2.88. The number of hydrogen-bond donors (Lipinski definition) is 1. The molecule has 0 spiro atoms. The van der Waals surface area contributed by atoms with Crippen molar-refractivity contribution in [2.45, 2.75) is 6.92 Å². The first kappa shape index (κ1) is 13.5. The number of H-pyrrole nitrogens is 1. The largest absolute Gasteiger partial charge is 0.497 e. The standard InChI is InChI=1S/C17H14N4O2/c1-10-6-7-14-13(8-10)16-19-15(20-21(16)17(22)18-14)11-4-3-5-12(9-11)23-2/h3-9H,1-2H3,(H,18,22). The van der Waals surface area contributed by atoms with E-state index in [1.165, 1.54) is 4.52 Å². The molecule has 0 bridgehead atoms. The summed E-state index contributed by atoms with van der Waals surface area (Å²) < 4.78 is 6.53. The Morgan fingerprint density at radius 3 is 2.87 bits per heavy atom. The van der Waals surface area contributed by atoms with E-state index in [9.17, 15) is 4.79 Å². The van der Waals surface area contributed by atoms with E-state index in [1.54, 1.807) is 7.11 Å². The lowest BCUT2D eigenvalue weighted by Crippen LogP contribution is -2.17. The maximum atomic E-state index is 12.2. The molecule has 23 heavy (non-hydrogen) atoms. The molecule has 0 radical (unpaired) electrons. The average molecular weight is 306 g/mol. The highest BCUT2D eigenvalue weighted by Gasteiger charge is 2.12. The van der Waals surface area contributed by atoms with Crippen molar-refractivity contribution in [1.82, 2.24) is 19.6 Å². The van der Waals surface area contributed by atoms with E-state index in [0.29, 0.717) is 11.5 Å². The molecule has 6 nitrogen and oxygen atoms in total. The molecule has 2 aromatic carbocycles. The van der Waals surface area contributed by atoms with E-state index < -0.39 is 0 Å². The molecule has 2 heterocycles. The summed E-state index contributed by atoms with van der Waals surface area (Å²) in [7, 11) is 1.61. The maximum absolute atomic E-state index is 12.2. The summed E-state index contributed by atoms with van der Waals surface area (Å²) in [6, 6.07) is 13.3. The molecule has 0 fully saturated rings. The quantitative estimate of drug-likeness (QED) is 0.618. The molecule has 1 N–H and O–H groups in total. The molecule has 0 amide bonds. The van der Waals surface area contributed by atoms with Gasteiger partial charge in [0.25, 0.3) is 0 Å². The zero-order valence-corrected chi connectivity index (χ0v) is 12.7. The lowest BCUT2D eigenvalue weighted by Gasteiger charge is -2.00. The second-order valence-electron chi connectivity index (χ2n) is 5.38. The fourth-order valence-electron chi connectivity index (χ4n) is 2.63. The van der Waals surface area contributed by atoms with Gasteiger partial charge in [-0.05, 0) is 31.2 Å². The number of aromatic amines is 1. The minimum atomic E-state index is -0.307. The van der Waals surface area contributed by atoms with E-state index >= 15 is 0 Å². The fourth-order valence-corrected chi connectivity index (χ4v) is 2.63. The van der Waals surface area contributed by atoms with Crippen LogP contribution < -0.4 is 10.4 Å². The zero-order chi connectivity index (χ0) is 16.0. The molecule has 114 valence electrons. The summed E-state index contributed by atoms with van der Waals surface area (Å²) in [6.07, 6.45) is 0. The molecule has 0 unspecified atom stereocenters. The Hall–Kier alpha value is -3.15. The maximum Gasteiger partial charge on any atom is 0.348 e. The Kier molecular flexibility index (Phi) is 2.90. The monoisotopic (exact) mass is 306 g/mol. The van der Waals surface area contributed by atoms with E-state index in [-0.39, 0.29) is 5.69 Å². The van der Waals surface area contributed by atoms with Gasteiger partial charge < -0.3 is 9.72 Å². The lowest BCUT2D eigenvalue weighted by molar-refractivity contribution is 0.415. The number of fused-ring (bicyclic) bond motifs is 3. The van der Waals surface area contributed by atoms with Gasteiger partial charge in [0, 0.05) is 10.9 Å². The van der Waals surface area contributed by atoms with Crippen molar-refractivity contribution in [3.8, 4) is 17.1 Å². The predicted octanol–water partition coefficient (Wildman–Crippen LogP) is 2.55. The summed E-state index contributed by atoms with van der Waals surface area (Å²) in [5.74, 6) is 1.21. The van der Waals surface area contributed by atoms with Gasteiger partial charge in [-0.15, -0.1) is 5.10 Å². The van der Waals surface area contributed by atoms with Gasteiger partial charge in [0.15, 0.2) is 11.5 Å². The van der Waals surface area contributed by atoms with Crippen LogP contribution in [-0.2, 0) is 0 Å². The number of methoxy groups -OCH3 is 1. The lowest BCUT2D eigenvalue weighted by atomic mass is 10.1. The Morgan fingerprint density at radius 1 is 1.17 bits per heavy atom. The minimum Gasteiger partial charge on any atom is -0.497 e. The third kappa shape index (κ3) is 2.15. The van der Waals surface area contributed by atoms with Crippen LogP contribution in [0.2, 0.25) is 0 Å². The number of nitrogens with one attached hydrogen (secondary N) is 1. The van der Waals surface area contributed by atoms with Crippen LogP contribution in [0.25, 0.3) is 27.9 Å². The van der Waals surface area contributed by atoms with E-state index in [2.05, 4.69) is 15.1 Å². The highest BCUT2D eigenvalue weighted by molar-refractivity contribution is 5.91. The molecule has 4 aromatic rings. The first-order chi connectivity index (χ1) is 11.2. The van der Waals surface area contributed by atoms with Crippen LogP contribution in [0.15, 0.2) is 47.3 Å². The number of rotatable bonds is 2. The van der Waals surface area contributed by atoms with Crippen LogP contribution in [-0.4, -0.2) is 26.7 Å². The Bertz CT molecular complexity index is 1090. The second kappa shape index (κ2) is 4.95. The van der Waals surface area contributed by atoms with E-state index in [1.807, 2.05) is 49.4 Å². The third-order valence-electron chi connectivity index (χ3n) is 3.79. The van der Waals surface area contributed by atoms with Gasteiger partial charge in [-0.25, -0.2) is 9.78 Å². The fraction of sp³-hybridized carbons (Fsp3) is 0.118. The summed E-state index contributed by atoms with van der Waals surface area (Å²) in [5, 5.41) is 5.21. The van der Waals surface area contributed by atoms with Gasteiger partial charge in [-0.1, -0.05) is 23.8 Å². The molecule has 0 aliphatic carbocycles. The predicted molar refractivity (Wildman–Crippen MR) is 87.8 cm³/mol. The topological polar surface area (TPSA) is 72.3 Å². The van der Waals surface area contributed by atoms with Crippen molar-refractivity contribution in [3.05, 3.63) is 58.5 Å². The Balaban J connectivity index is 2.03. The zero-order valence-electron chi connectivity index (χ0n) is 12.7. The van der Waals surface area contributed by atoms with Gasteiger partial charge in [0.05, 0.1) is 12.6 Å². The molecule has 0 saturated carbocycles. The number of ether oxygens (including phenoxy) is 1. The minimum absolute atomic E-state index is 0.307. The molecular formula is C17H14N4O2. The summed E-state index contributed by atoms with van der Waals surface area (Å²) in [4.78, 5) is 19.6. The molecule has 0 aliphatic rings. The highest BCUT2D eigenvalue weighted by atomic mass is 16.5. The van der Waals surface area contributed by atoms with Gasteiger partial charge in [-0.3, -0.25) is 0 Å². The van der Waals surface area contributed by atoms with Crippen molar-refractivity contribution < 1.29 is 4.74 Å². The molecule has 6 heteroatoms. The molecule has 4 rings (SSSR count). The van der Waals surface area contributed by atoms with Crippen LogP contribution in [0.1, 0.15) is 5.56 Å². The molecule has 0 aliphatic heterocycles. The number of nitrogens with zero attached hydrogens (tertiary/aromatic N) is 3. The van der Waals surface area contributed by atoms with Crippen LogP contribution in [0.3, 0.4) is 0 Å². The number of aryl methyl sites for hydroxylation is 1. The van der Waals surface area contributed by atoms with Crippen LogP contribution in [0.5, 0.6) is 5.75 Å². The van der Waals surface area contributed by atoms with Gasteiger partial charge in [0.2, 0.25) is 0 Å². The first-order valence-electron chi connectivity index (χ1n) is 7.19. The average Bonchev–Trinajstić information content (AvgIpc) is 3.02. The van der Waals surface area contributed by atoms with Gasteiger partial charge in [0.1, 0.15) is 5.75 Å². The number of aromatic nitrogens is 4. The van der Waals surface area contributed by atoms with Gasteiger partial charge >= 0.3 is 5.69 Å². The third-order valence-corrected chi connectivity index (χ3v) is 3.79. The first-order valence-corrected chi connectivity index (χ1v) is 7.19. The van der Waals surface area contributed by atoms with Crippen LogP contribution in [0.4, 0.5) is 0 Å². The van der Waals surface area contributed by atoms with Crippen molar-refractivity contribution in [2.75, 3.05) is 7.11 Å². The van der Waals surface area contributed by atoms with Gasteiger partial charge in [-0.2, -0.15) is 4.52 Å². The Labute approximate surface area is 131 Å². The molecule has 2 aromatic heterocycles. The summed E-state index contributed by atoms with van der Waals surface area (Å²) in [6.45, 7) is 2.00. The normalized spacial score (nSPS) is 11.2. The summed E-state index contributed by atoms with van der Waals surface area (Å²) >= 11 is 0. The SMILES string of the molecule is COc1cccc(-c2nc3c4cc(C)ccc4[nH]c(=O)n3n2)c1. The number of benzene rings is 2. The number of hydrogen-bond acceptors (Lipinski definition) is 4. The Morgan fingerprint density at radius 2 is 2.04 bits per heavy atom. The van der Waals surface area contributed by atoms with Crippen LogP contribution >= 0.6 is 0 Å². The van der Waals surface area contributed by atoms with Crippen molar-refractivity contribution in [1.29, 1.82) is 0 Å². The second-order valence-corrected chi connectivity index (χ2v) is 5.38. The van der Waals surface area contributed by atoms with Crippen molar-refractivity contribution in [3.63, 3.8) is 0 Å². The van der Waals surface area contributed by atoms with Crippen molar-refractivity contribution in [2.24, 2.45) is 0 Å². The van der Waals surface area contributed by atoms with E-state index in [0.717, 1.165) is 27.8 Å². The smallest absolute Gasteiger partial charge is 0.348 e. The molecular weight excluding hydrogens is 292 g/mol. The molecule has 0 saturated heterocycles. The van der Waals surface area contributed by atoms with Crippen LogP contribution in [0, 0.1) is 6.92 Å². The van der Waals surface area contributed by atoms with Crippen molar-refractivity contribution >= 4 is 16.6 Å². The molecule has 0 atom stereocenters. The highest BCUT2D eigenvalue weighted by Crippen LogP contribution is 2.23. The van der Waals surface area contributed by atoms with E-state index in [4.69, 9.17) is 4.74 Å².